The lowest BCUT2D eigenvalue weighted by Crippen LogP contribution is -2.54. The zero-order valence-electron chi connectivity index (χ0n) is 17.5. The molecule has 3 aromatic rings. The fraction of sp³-hybridized carbons (Fsp3) is 0.0800. The van der Waals surface area contributed by atoms with Gasteiger partial charge in [-0.3, -0.25) is 14.9 Å². The minimum atomic E-state index is -0.777. The molecule has 0 bridgehead atoms. The molecule has 166 valence electrons. The number of rotatable bonds is 5. The highest BCUT2D eigenvalue weighted by molar-refractivity contribution is 9.10. The van der Waals surface area contributed by atoms with Gasteiger partial charge in [0.05, 0.1) is 10.2 Å². The number of anilines is 1. The molecule has 0 aromatic heterocycles. The van der Waals surface area contributed by atoms with Crippen molar-refractivity contribution in [2.24, 2.45) is 0 Å². The Kier molecular flexibility index (Phi) is 6.62. The van der Waals surface area contributed by atoms with E-state index in [0.29, 0.717) is 26.5 Å². The summed E-state index contributed by atoms with van der Waals surface area (Å²) in [7, 11) is 0. The largest absolute Gasteiger partial charge is 0.488 e. The molecule has 8 heteroatoms. The molecule has 0 radical (unpaired) electrons. The van der Waals surface area contributed by atoms with Gasteiger partial charge in [0, 0.05) is 10.6 Å². The minimum Gasteiger partial charge on any atom is -0.488 e. The number of ether oxygens (including phenoxy) is 1. The van der Waals surface area contributed by atoms with Crippen molar-refractivity contribution in [2.45, 2.75) is 13.5 Å². The Balaban J connectivity index is 1.58. The molecule has 1 aliphatic heterocycles. The van der Waals surface area contributed by atoms with Crippen LogP contribution in [0.25, 0.3) is 6.08 Å². The van der Waals surface area contributed by atoms with E-state index in [0.717, 1.165) is 16.0 Å². The van der Waals surface area contributed by atoms with Crippen LogP contribution in [0, 0.1) is 6.92 Å². The first-order valence-electron chi connectivity index (χ1n) is 9.98. The number of hydrogen-bond acceptors (Lipinski definition) is 4. The number of aryl methyl sites for hydroxylation is 1. The predicted molar refractivity (Wildman–Crippen MR) is 130 cm³/mol. The van der Waals surface area contributed by atoms with Crippen LogP contribution in [0.1, 0.15) is 16.7 Å². The van der Waals surface area contributed by atoms with Crippen LogP contribution in [-0.2, 0) is 16.2 Å². The molecule has 0 atom stereocenters. The van der Waals surface area contributed by atoms with Gasteiger partial charge in [-0.1, -0.05) is 54.1 Å². The zero-order valence-corrected chi connectivity index (χ0v) is 19.8. The third-order valence-electron chi connectivity index (χ3n) is 5.07. The normalized spacial score (nSPS) is 15.1. The maximum Gasteiger partial charge on any atom is 0.335 e. The number of urea groups is 1. The second-order valence-corrected chi connectivity index (χ2v) is 8.58. The summed E-state index contributed by atoms with van der Waals surface area (Å²) in [5.74, 6) is -0.855. The fourth-order valence-corrected chi connectivity index (χ4v) is 4.05. The summed E-state index contributed by atoms with van der Waals surface area (Å²) in [5, 5.41) is 2.85. The number of carbonyl (C=O) groups excluding carboxylic acids is 3. The second-order valence-electron chi connectivity index (χ2n) is 7.31. The highest BCUT2D eigenvalue weighted by Crippen LogP contribution is 2.30. The Morgan fingerprint density at radius 2 is 1.76 bits per heavy atom. The Morgan fingerprint density at radius 1 is 1.03 bits per heavy atom. The van der Waals surface area contributed by atoms with Crippen molar-refractivity contribution in [3.63, 3.8) is 0 Å². The molecule has 4 amide bonds. The van der Waals surface area contributed by atoms with Gasteiger partial charge in [0.15, 0.2) is 0 Å². The smallest absolute Gasteiger partial charge is 0.335 e. The summed E-state index contributed by atoms with van der Waals surface area (Å²) in [6.45, 7) is 2.07. The summed E-state index contributed by atoms with van der Waals surface area (Å²) in [4.78, 5) is 38.9. The molecule has 1 heterocycles. The third kappa shape index (κ3) is 4.84. The van der Waals surface area contributed by atoms with Crippen LogP contribution in [0.4, 0.5) is 10.5 Å². The number of barbiturate groups is 1. The van der Waals surface area contributed by atoms with Gasteiger partial charge < -0.3 is 4.74 Å². The number of para-hydroxylation sites is 1. The van der Waals surface area contributed by atoms with Gasteiger partial charge in [0.2, 0.25) is 0 Å². The van der Waals surface area contributed by atoms with Crippen molar-refractivity contribution < 1.29 is 19.1 Å². The Hall–Kier alpha value is -3.42. The maximum absolute atomic E-state index is 13.1. The van der Waals surface area contributed by atoms with Gasteiger partial charge in [-0.25, -0.2) is 9.69 Å². The number of carbonyl (C=O) groups is 3. The van der Waals surface area contributed by atoms with Gasteiger partial charge in [-0.2, -0.15) is 0 Å². The van der Waals surface area contributed by atoms with Gasteiger partial charge >= 0.3 is 6.03 Å². The molecular formula is C25H18BrClN2O4. The topological polar surface area (TPSA) is 75.7 Å². The van der Waals surface area contributed by atoms with E-state index in [2.05, 4.69) is 21.2 Å². The van der Waals surface area contributed by atoms with Crippen molar-refractivity contribution in [1.29, 1.82) is 0 Å². The molecule has 0 unspecified atom stereocenters. The van der Waals surface area contributed by atoms with Crippen molar-refractivity contribution in [2.75, 3.05) is 4.90 Å². The standard InChI is InChI=1S/C25H18BrClN2O4/c1-15-6-2-5-9-21(15)29-24(31)18(23(30)28-25(29)32)12-16-10-11-22(19(26)13-16)33-14-17-7-3-4-8-20(17)27/h2-13H,14H2,1H3,(H,28,30,32)/b18-12+. The summed E-state index contributed by atoms with van der Waals surface area (Å²) < 4.78 is 6.48. The molecule has 1 N–H and O–H groups in total. The number of hydrogen-bond donors (Lipinski definition) is 1. The highest BCUT2D eigenvalue weighted by atomic mass is 79.9. The number of amides is 4. The molecule has 0 aliphatic carbocycles. The lowest BCUT2D eigenvalue weighted by Gasteiger charge is -2.27. The van der Waals surface area contributed by atoms with Crippen LogP contribution < -0.4 is 15.0 Å². The summed E-state index contributed by atoms with van der Waals surface area (Å²) in [6.07, 6.45) is 1.44. The van der Waals surface area contributed by atoms with Crippen LogP contribution in [0.5, 0.6) is 5.75 Å². The van der Waals surface area contributed by atoms with E-state index in [1.54, 1.807) is 55.5 Å². The monoisotopic (exact) mass is 524 g/mol. The Labute approximate surface area is 203 Å². The van der Waals surface area contributed by atoms with E-state index >= 15 is 0 Å². The van der Waals surface area contributed by atoms with E-state index in [1.807, 2.05) is 18.2 Å². The fourth-order valence-electron chi connectivity index (χ4n) is 3.35. The zero-order chi connectivity index (χ0) is 23.5. The van der Waals surface area contributed by atoms with Crippen molar-refractivity contribution in [1.82, 2.24) is 5.32 Å². The molecule has 6 nitrogen and oxygen atoms in total. The number of nitrogens with one attached hydrogen (secondary N) is 1. The molecule has 1 fully saturated rings. The van der Waals surface area contributed by atoms with Crippen LogP contribution in [0.15, 0.2) is 76.8 Å². The first kappa shape index (κ1) is 22.8. The summed E-state index contributed by atoms with van der Waals surface area (Å²) in [6, 6.07) is 18.8. The van der Waals surface area contributed by atoms with Gasteiger partial charge in [-0.05, 0) is 64.3 Å². The average molecular weight is 526 g/mol. The maximum atomic E-state index is 13.1. The van der Waals surface area contributed by atoms with Crippen molar-refractivity contribution in [3.8, 4) is 5.75 Å². The van der Waals surface area contributed by atoms with E-state index < -0.39 is 17.8 Å². The highest BCUT2D eigenvalue weighted by Gasteiger charge is 2.37. The third-order valence-corrected chi connectivity index (χ3v) is 6.05. The summed E-state index contributed by atoms with van der Waals surface area (Å²) in [5.41, 5.74) is 2.45. The molecule has 4 rings (SSSR count). The van der Waals surface area contributed by atoms with Crippen LogP contribution in [0.3, 0.4) is 0 Å². The lowest BCUT2D eigenvalue weighted by atomic mass is 10.1. The molecule has 1 saturated heterocycles. The number of benzene rings is 3. The van der Waals surface area contributed by atoms with E-state index in [4.69, 9.17) is 16.3 Å². The quantitative estimate of drug-likeness (QED) is 0.345. The first-order chi connectivity index (χ1) is 15.8. The SMILES string of the molecule is Cc1ccccc1N1C(=O)NC(=O)/C(=C\c2ccc(OCc3ccccc3Cl)c(Br)c2)C1=O. The molecular weight excluding hydrogens is 508 g/mol. The average Bonchev–Trinajstić information content (AvgIpc) is 2.78. The summed E-state index contributed by atoms with van der Waals surface area (Å²) >= 11 is 9.63. The molecule has 0 spiro atoms. The molecule has 33 heavy (non-hydrogen) atoms. The van der Waals surface area contributed by atoms with E-state index in [-0.39, 0.29) is 12.2 Å². The van der Waals surface area contributed by atoms with Crippen LogP contribution >= 0.6 is 27.5 Å². The van der Waals surface area contributed by atoms with Crippen LogP contribution in [-0.4, -0.2) is 17.8 Å². The molecule has 3 aromatic carbocycles. The van der Waals surface area contributed by atoms with Crippen molar-refractivity contribution >= 4 is 57.1 Å². The first-order valence-corrected chi connectivity index (χ1v) is 11.1. The van der Waals surface area contributed by atoms with Gasteiger partial charge in [0.1, 0.15) is 17.9 Å². The molecule has 1 aliphatic rings. The van der Waals surface area contributed by atoms with E-state index in [1.165, 1.54) is 6.08 Å². The minimum absolute atomic E-state index is 0.144. The van der Waals surface area contributed by atoms with E-state index in [9.17, 15) is 14.4 Å². The second kappa shape index (κ2) is 9.60. The lowest BCUT2D eigenvalue weighted by molar-refractivity contribution is -0.122. The number of imide groups is 2. The van der Waals surface area contributed by atoms with Crippen LogP contribution in [0.2, 0.25) is 5.02 Å². The van der Waals surface area contributed by atoms with Gasteiger partial charge in [-0.15, -0.1) is 0 Å². The Bertz CT molecular complexity index is 1310. The van der Waals surface area contributed by atoms with Crippen molar-refractivity contribution in [3.05, 3.63) is 98.5 Å². The number of nitrogens with zero attached hydrogens (tertiary/aromatic N) is 1. The molecule has 0 saturated carbocycles. The van der Waals surface area contributed by atoms with Gasteiger partial charge in [0.25, 0.3) is 11.8 Å². The predicted octanol–water partition coefficient (Wildman–Crippen LogP) is 5.66. The number of halogens is 2. The Morgan fingerprint density at radius 3 is 2.48 bits per heavy atom.